The summed E-state index contributed by atoms with van der Waals surface area (Å²) in [4.78, 5) is 0. The maximum atomic E-state index is 12.9. The van der Waals surface area contributed by atoms with Crippen LogP contribution in [0.25, 0.3) is 11.3 Å². The Morgan fingerprint density at radius 1 is 1.37 bits per heavy atom. The molecular weight excluding hydrogens is 247 g/mol. The number of nitrogens with zero attached hydrogens (tertiary/aromatic N) is 1. The van der Waals surface area contributed by atoms with Crippen LogP contribution in [0.4, 0.5) is 4.39 Å². The Hall–Kier alpha value is -1.72. The fraction of sp³-hybridized carbons (Fsp3) is 0.357. The van der Waals surface area contributed by atoms with Gasteiger partial charge in [-0.2, -0.15) is 5.10 Å². The lowest BCUT2D eigenvalue weighted by Crippen LogP contribution is -2.08. The zero-order valence-electron chi connectivity index (χ0n) is 10.8. The van der Waals surface area contributed by atoms with Gasteiger partial charge in [0.05, 0.1) is 18.5 Å². The minimum atomic E-state index is -0.745. The van der Waals surface area contributed by atoms with Crippen molar-refractivity contribution in [3.63, 3.8) is 0 Å². The molecule has 0 aliphatic rings. The van der Waals surface area contributed by atoms with Crippen LogP contribution in [0, 0.1) is 5.82 Å². The number of aromatic amines is 1. The molecule has 2 N–H and O–H groups in total. The summed E-state index contributed by atoms with van der Waals surface area (Å²) in [5.41, 5.74) is 2.12. The third-order valence-electron chi connectivity index (χ3n) is 2.78. The van der Waals surface area contributed by atoms with Crippen molar-refractivity contribution in [3.8, 4) is 11.3 Å². The average molecular weight is 264 g/mol. The number of H-pyrrole nitrogens is 1. The highest BCUT2D eigenvalue weighted by Crippen LogP contribution is 2.26. The van der Waals surface area contributed by atoms with Gasteiger partial charge in [-0.15, -0.1) is 0 Å². The van der Waals surface area contributed by atoms with Crippen molar-refractivity contribution >= 4 is 0 Å². The zero-order valence-corrected chi connectivity index (χ0v) is 10.8. The monoisotopic (exact) mass is 264 g/mol. The van der Waals surface area contributed by atoms with Crippen molar-refractivity contribution < 1.29 is 14.2 Å². The number of aliphatic hydroxyl groups is 1. The zero-order chi connectivity index (χ0) is 13.7. The van der Waals surface area contributed by atoms with E-state index in [2.05, 4.69) is 10.2 Å². The molecule has 19 heavy (non-hydrogen) atoms. The van der Waals surface area contributed by atoms with Crippen molar-refractivity contribution in [3.05, 3.63) is 41.8 Å². The van der Waals surface area contributed by atoms with Gasteiger partial charge in [-0.3, -0.25) is 5.10 Å². The normalized spacial score (nSPS) is 12.6. The summed E-state index contributed by atoms with van der Waals surface area (Å²) in [6.45, 7) is 2.84. The van der Waals surface area contributed by atoms with Crippen LogP contribution >= 0.6 is 0 Å². The fourth-order valence-corrected chi connectivity index (χ4v) is 1.82. The lowest BCUT2D eigenvalue weighted by Gasteiger charge is -2.11. The van der Waals surface area contributed by atoms with Crippen molar-refractivity contribution in [2.24, 2.45) is 0 Å². The first-order valence-electron chi connectivity index (χ1n) is 6.27. The second kappa shape index (κ2) is 6.45. The van der Waals surface area contributed by atoms with Crippen LogP contribution < -0.4 is 0 Å². The van der Waals surface area contributed by atoms with Crippen molar-refractivity contribution in [2.75, 3.05) is 13.2 Å². The molecule has 1 aromatic heterocycles. The maximum absolute atomic E-state index is 12.9. The molecule has 0 spiro atoms. The summed E-state index contributed by atoms with van der Waals surface area (Å²) >= 11 is 0. The van der Waals surface area contributed by atoms with Crippen molar-refractivity contribution in [1.82, 2.24) is 10.2 Å². The lowest BCUT2D eigenvalue weighted by molar-refractivity contribution is 0.0366. The highest BCUT2D eigenvalue weighted by atomic mass is 19.1. The van der Waals surface area contributed by atoms with Gasteiger partial charge in [0, 0.05) is 17.7 Å². The molecular formula is C14H17FN2O2. The molecule has 1 aromatic carbocycles. The number of rotatable bonds is 6. The Morgan fingerprint density at radius 2 is 2.11 bits per heavy atom. The second-order valence-electron chi connectivity index (χ2n) is 4.30. The Balaban J connectivity index is 2.15. The van der Waals surface area contributed by atoms with Gasteiger partial charge in [-0.1, -0.05) is 6.92 Å². The van der Waals surface area contributed by atoms with Gasteiger partial charge in [-0.25, -0.2) is 4.39 Å². The van der Waals surface area contributed by atoms with Crippen LogP contribution in [0.3, 0.4) is 0 Å². The van der Waals surface area contributed by atoms with Gasteiger partial charge < -0.3 is 9.84 Å². The number of aromatic nitrogens is 2. The van der Waals surface area contributed by atoms with E-state index in [1.165, 1.54) is 12.1 Å². The number of halogens is 1. The van der Waals surface area contributed by atoms with Crippen LogP contribution in [0.2, 0.25) is 0 Å². The molecule has 1 atom stereocenters. The summed E-state index contributed by atoms with van der Waals surface area (Å²) in [7, 11) is 0. The van der Waals surface area contributed by atoms with E-state index in [9.17, 15) is 9.50 Å². The van der Waals surface area contributed by atoms with Gasteiger partial charge >= 0.3 is 0 Å². The predicted octanol–water partition coefficient (Wildman–Crippen LogP) is 2.68. The topological polar surface area (TPSA) is 58.1 Å². The molecule has 0 aliphatic heterocycles. The Bertz CT molecular complexity index is 510. The minimum Gasteiger partial charge on any atom is -0.386 e. The number of hydrogen-bond donors (Lipinski definition) is 2. The standard InChI is InChI=1S/C14H17FN2O2/c1-2-7-19-9-13(18)12-8-16-17-14(12)10-3-5-11(15)6-4-10/h3-6,8,13,18H,2,7,9H2,1H3,(H,16,17). The van der Waals surface area contributed by atoms with Crippen molar-refractivity contribution in [2.45, 2.75) is 19.4 Å². The quantitative estimate of drug-likeness (QED) is 0.789. The molecule has 0 amide bonds. The van der Waals surface area contributed by atoms with E-state index in [0.717, 1.165) is 12.0 Å². The highest BCUT2D eigenvalue weighted by molar-refractivity contribution is 5.62. The molecule has 5 heteroatoms. The average Bonchev–Trinajstić information content (AvgIpc) is 2.89. The molecule has 102 valence electrons. The SMILES string of the molecule is CCCOCC(O)c1cn[nH]c1-c1ccc(F)cc1. The van der Waals surface area contributed by atoms with Gasteiger partial charge in [-0.05, 0) is 30.7 Å². The van der Waals surface area contributed by atoms with E-state index in [-0.39, 0.29) is 12.4 Å². The predicted molar refractivity (Wildman–Crippen MR) is 70.1 cm³/mol. The molecule has 0 bridgehead atoms. The van der Waals surface area contributed by atoms with Gasteiger partial charge in [0.2, 0.25) is 0 Å². The molecule has 0 aliphatic carbocycles. The molecule has 0 saturated heterocycles. The minimum absolute atomic E-state index is 0.224. The van der Waals surface area contributed by atoms with E-state index >= 15 is 0 Å². The summed E-state index contributed by atoms with van der Waals surface area (Å²) < 4.78 is 18.2. The fourth-order valence-electron chi connectivity index (χ4n) is 1.82. The van der Waals surface area contributed by atoms with Gasteiger partial charge in [0.25, 0.3) is 0 Å². The van der Waals surface area contributed by atoms with Crippen LogP contribution in [-0.2, 0) is 4.74 Å². The van der Waals surface area contributed by atoms with Crippen LogP contribution in [0.1, 0.15) is 25.0 Å². The number of aliphatic hydroxyl groups excluding tert-OH is 1. The van der Waals surface area contributed by atoms with E-state index in [1.54, 1.807) is 18.3 Å². The molecule has 0 saturated carbocycles. The Labute approximate surface area is 111 Å². The third-order valence-corrected chi connectivity index (χ3v) is 2.78. The largest absolute Gasteiger partial charge is 0.386 e. The first-order chi connectivity index (χ1) is 9.22. The second-order valence-corrected chi connectivity index (χ2v) is 4.30. The number of ether oxygens (including phenoxy) is 1. The summed E-state index contributed by atoms with van der Waals surface area (Å²) in [5, 5.41) is 16.8. The van der Waals surface area contributed by atoms with Gasteiger partial charge in [0.15, 0.2) is 0 Å². The Morgan fingerprint density at radius 3 is 2.79 bits per heavy atom. The Kier molecular flexibility index (Phi) is 4.65. The van der Waals surface area contributed by atoms with Crippen LogP contribution in [0.5, 0.6) is 0 Å². The number of nitrogens with one attached hydrogen (secondary N) is 1. The maximum Gasteiger partial charge on any atom is 0.123 e. The molecule has 4 nitrogen and oxygen atoms in total. The molecule has 2 aromatic rings. The van der Waals surface area contributed by atoms with Crippen LogP contribution in [0.15, 0.2) is 30.5 Å². The molecule has 0 radical (unpaired) electrons. The first kappa shape index (κ1) is 13.7. The highest BCUT2D eigenvalue weighted by Gasteiger charge is 2.16. The molecule has 2 rings (SSSR count). The smallest absolute Gasteiger partial charge is 0.123 e. The number of benzene rings is 1. The van der Waals surface area contributed by atoms with E-state index in [0.29, 0.717) is 17.9 Å². The molecule has 0 fully saturated rings. The summed E-state index contributed by atoms with van der Waals surface area (Å²) in [6.07, 6.45) is 1.73. The molecule has 1 unspecified atom stereocenters. The molecule has 1 heterocycles. The summed E-state index contributed by atoms with van der Waals surface area (Å²) in [5.74, 6) is -0.295. The van der Waals surface area contributed by atoms with Gasteiger partial charge in [0.1, 0.15) is 11.9 Å². The van der Waals surface area contributed by atoms with E-state index in [4.69, 9.17) is 4.74 Å². The van der Waals surface area contributed by atoms with E-state index < -0.39 is 6.10 Å². The third kappa shape index (κ3) is 3.39. The van der Waals surface area contributed by atoms with E-state index in [1.807, 2.05) is 6.92 Å². The summed E-state index contributed by atoms with van der Waals surface area (Å²) in [6, 6.07) is 6.04. The van der Waals surface area contributed by atoms with Crippen molar-refractivity contribution in [1.29, 1.82) is 0 Å². The number of hydrogen-bond acceptors (Lipinski definition) is 3. The lowest BCUT2D eigenvalue weighted by atomic mass is 10.0. The first-order valence-corrected chi connectivity index (χ1v) is 6.27. The van der Waals surface area contributed by atoms with Crippen LogP contribution in [-0.4, -0.2) is 28.5 Å².